The molecule has 9 nitrogen and oxygen atoms in total. The van der Waals surface area contributed by atoms with Gasteiger partial charge in [0.15, 0.2) is 0 Å². The zero-order chi connectivity index (χ0) is 27.2. The molecule has 8 atom stereocenters. The second kappa shape index (κ2) is 12.8. The number of carboxylic acids is 1. The molecule has 0 unspecified atom stereocenters. The van der Waals surface area contributed by atoms with E-state index in [-0.39, 0.29) is 60.3 Å². The van der Waals surface area contributed by atoms with Gasteiger partial charge in [-0.3, -0.25) is 14.4 Å². The Morgan fingerprint density at radius 3 is 2.54 bits per heavy atom. The number of rotatable bonds is 10. The second-order valence-corrected chi connectivity index (χ2v) is 10.7. The van der Waals surface area contributed by atoms with Crippen molar-refractivity contribution < 1.29 is 38.4 Å². The molecule has 2 N–H and O–H groups in total. The average Bonchev–Trinajstić information content (AvgIpc) is 3.54. The zero-order valence-corrected chi connectivity index (χ0v) is 22.5. The molecule has 0 bridgehead atoms. The molecule has 3 rings (SSSR count). The molecule has 37 heavy (non-hydrogen) atoms. The van der Waals surface area contributed by atoms with Crippen LogP contribution in [0.4, 0.5) is 0 Å². The third-order valence-electron chi connectivity index (χ3n) is 7.16. The molecule has 1 spiro atoms. The smallest absolute Gasteiger partial charge is 0.305 e. The minimum atomic E-state index is -0.857. The highest BCUT2D eigenvalue weighted by Gasteiger charge is 2.51. The molecule has 3 fully saturated rings. The molecule has 0 aromatic carbocycles. The van der Waals surface area contributed by atoms with Crippen LogP contribution in [-0.4, -0.2) is 71.7 Å². The van der Waals surface area contributed by atoms with Gasteiger partial charge < -0.3 is 29.4 Å². The zero-order valence-electron chi connectivity index (χ0n) is 22.5. The van der Waals surface area contributed by atoms with E-state index in [1.54, 1.807) is 13.0 Å². The third kappa shape index (κ3) is 9.39. The van der Waals surface area contributed by atoms with Crippen LogP contribution in [0.3, 0.4) is 0 Å². The third-order valence-corrected chi connectivity index (χ3v) is 7.16. The van der Waals surface area contributed by atoms with Gasteiger partial charge in [0, 0.05) is 25.8 Å². The van der Waals surface area contributed by atoms with Crippen molar-refractivity contribution in [2.45, 2.75) is 109 Å². The molecule has 0 aromatic heterocycles. The minimum absolute atomic E-state index is 0.00942. The maximum Gasteiger partial charge on any atom is 0.305 e. The van der Waals surface area contributed by atoms with Gasteiger partial charge in [0.2, 0.25) is 5.91 Å². The standard InChI is InChI=1S/C28H41NO8/c1-17(6-9-22-14-28(16-34-28)15-23(37-22)13-27(32)33)7-10-25-18(2)12-24(20(4)36-25)29-26(31)11-8-19(3)35-21(5)30/h6-9,11,18-20,22-25H,10,12-16H2,1-5H3,(H,29,31)(H,32,33)/t18-,19-,20+,22+,23+,24+,25-,28+/m0/s1. The van der Waals surface area contributed by atoms with Gasteiger partial charge in [-0.25, -0.2) is 0 Å². The van der Waals surface area contributed by atoms with Gasteiger partial charge in [0.25, 0.3) is 0 Å². The number of esters is 1. The van der Waals surface area contributed by atoms with E-state index >= 15 is 0 Å². The summed E-state index contributed by atoms with van der Waals surface area (Å²) in [5.74, 6) is -1.23. The predicted molar refractivity (Wildman–Crippen MR) is 137 cm³/mol. The molecule has 3 saturated heterocycles. The number of nitrogens with one attached hydrogen (secondary N) is 1. The van der Waals surface area contributed by atoms with Gasteiger partial charge in [-0.1, -0.05) is 30.7 Å². The number of carbonyl (C=O) groups is 3. The van der Waals surface area contributed by atoms with E-state index in [2.05, 4.69) is 18.3 Å². The Morgan fingerprint density at radius 1 is 1.16 bits per heavy atom. The number of epoxide rings is 1. The summed E-state index contributed by atoms with van der Waals surface area (Å²) >= 11 is 0. The van der Waals surface area contributed by atoms with Crippen LogP contribution in [-0.2, 0) is 33.3 Å². The summed E-state index contributed by atoms with van der Waals surface area (Å²) < 4.78 is 22.8. The lowest BCUT2D eigenvalue weighted by molar-refractivity contribution is -0.144. The fraction of sp³-hybridized carbons (Fsp3) is 0.679. The average molecular weight is 520 g/mol. The molecule has 206 valence electrons. The number of allylic oxidation sites excluding steroid dienone is 2. The monoisotopic (exact) mass is 519 g/mol. The Morgan fingerprint density at radius 2 is 1.89 bits per heavy atom. The molecule has 3 aliphatic rings. The van der Waals surface area contributed by atoms with Crippen molar-refractivity contribution in [1.29, 1.82) is 0 Å². The van der Waals surface area contributed by atoms with Gasteiger partial charge >= 0.3 is 11.9 Å². The summed E-state index contributed by atoms with van der Waals surface area (Å²) in [6, 6.07) is -0.100. The van der Waals surface area contributed by atoms with Crippen LogP contribution >= 0.6 is 0 Å². The topological polar surface area (TPSA) is 124 Å². The highest BCUT2D eigenvalue weighted by Crippen LogP contribution is 2.43. The fourth-order valence-corrected chi connectivity index (χ4v) is 5.07. The highest BCUT2D eigenvalue weighted by molar-refractivity contribution is 5.87. The second-order valence-electron chi connectivity index (χ2n) is 10.7. The Kier molecular flexibility index (Phi) is 10.1. The van der Waals surface area contributed by atoms with E-state index in [0.29, 0.717) is 13.0 Å². The predicted octanol–water partition coefficient (Wildman–Crippen LogP) is 3.48. The van der Waals surface area contributed by atoms with Crippen LogP contribution in [0.25, 0.3) is 0 Å². The summed E-state index contributed by atoms with van der Waals surface area (Å²) in [4.78, 5) is 34.4. The Labute approximate surface area is 219 Å². The number of carbonyl (C=O) groups excluding carboxylic acids is 2. The molecule has 9 heteroatoms. The molecule has 3 aliphatic heterocycles. The molecular weight excluding hydrogens is 478 g/mol. The maximum atomic E-state index is 12.3. The lowest BCUT2D eigenvalue weighted by Crippen LogP contribution is -2.50. The molecule has 3 heterocycles. The first kappa shape index (κ1) is 29.1. The first-order valence-corrected chi connectivity index (χ1v) is 13.1. The minimum Gasteiger partial charge on any atom is -0.481 e. The van der Waals surface area contributed by atoms with Crippen LogP contribution in [0.15, 0.2) is 36.0 Å². The van der Waals surface area contributed by atoms with Crippen molar-refractivity contribution in [2.75, 3.05) is 6.61 Å². The highest BCUT2D eigenvalue weighted by atomic mass is 16.6. The van der Waals surface area contributed by atoms with Gasteiger partial charge in [-0.15, -0.1) is 0 Å². The first-order chi connectivity index (χ1) is 17.4. The van der Waals surface area contributed by atoms with Gasteiger partial charge in [-0.05, 0) is 45.6 Å². The van der Waals surface area contributed by atoms with Crippen molar-refractivity contribution in [1.82, 2.24) is 5.32 Å². The van der Waals surface area contributed by atoms with E-state index in [4.69, 9.17) is 24.1 Å². The van der Waals surface area contributed by atoms with E-state index in [1.807, 2.05) is 26.0 Å². The van der Waals surface area contributed by atoms with Crippen LogP contribution in [0, 0.1) is 5.92 Å². The molecule has 0 aromatic rings. The van der Waals surface area contributed by atoms with Crippen molar-refractivity contribution >= 4 is 17.8 Å². The summed E-state index contributed by atoms with van der Waals surface area (Å²) in [5.41, 5.74) is 0.870. The van der Waals surface area contributed by atoms with Crippen molar-refractivity contribution in [3.05, 3.63) is 36.0 Å². The maximum absolute atomic E-state index is 12.3. The Hall–Kier alpha value is -2.49. The molecule has 0 radical (unpaired) electrons. The van der Waals surface area contributed by atoms with Crippen LogP contribution in [0.2, 0.25) is 0 Å². The van der Waals surface area contributed by atoms with E-state index in [0.717, 1.165) is 24.8 Å². The van der Waals surface area contributed by atoms with Crippen molar-refractivity contribution in [2.24, 2.45) is 5.92 Å². The molecule has 1 amide bonds. The summed E-state index contributed by atoms with van der Waals surface area (Å²) in [5, 5.41) is 12.1. The van der Waals surface area contributed by atoms with Gasteiger partial charge in [0.05, 0.1) is 49.1 Å². The number of carboxylic acid groups (broad SMARTS) is 1. The largest absolute Gasteiger partial charge is 0.481 e. The quantitative estimate of drug-likeness (QED) is 0.195. The fourth-order valence-electron chi connectivity index (χ4n) is 5.07. The molecule has 0 aliphatic carbocycles. The Balaban J connectivity index is 1.46. The number of aliphatic carboxylic acids is 1. The normalized spacial score (nSPS) is 35.0. The SMILES string of the molecule is CC(=O)O[C@@H](C)C=CC(=O)N[C@@H]1C[C@H](C)[C@H](CC=C(C)C=C[C@@H]2C[C@]3(CO3)C[C@@H](CC(=O)O)O2)O[C@@H]1C. The number of ether oxygens (including phenoxy) is 4. The van der Waals surface area contributed by atoms with Crippen LogP contribution < -0.4 is 5.32 Å². The van der Waals surface area contributed by atoms with Crippen LogP contribution in [0.1, 0.15) is 66.7 Å². The Bertz CT molecular complexity index is 921. The van der Waals surface area contributed by atoms with Gasteiger partial charge in [-0.2, -0.15) is 0 Å². The van der Waals surface area contributed by atoms with Crippen LogP contribution in [0.5, 0.6) is 0 Å². The summed E-state index contributed by atoms with van der Waals surface area (Å²) in [6.07, 6.45) is 11.0. The molecule has 0 saturated carbocycles. The number of hydrogen-bond acceptors (Lipinski definition) is 7. The van der Waals surface area contributed by atoms with Crippen molar-refractivity contribution in [3.8, 4) is 0 Å². The number of amides is 1. The van der Waals surface area contributed by atoms with E-state index in [9.17, 15) is 14.4 Å². The number of hydrogen-bond donors (Lipinski definition) is 2. The van der Waals surface area contributed by atoms with Crippen molar-refractivity contribution in [3.63, 3.8) is 0 Å². The van der Waals surface area contributed by atoms with Gasteiger partial charge in [0.1, 0.15) is 6.10 Å². The summed E-state index contributed by atoms with van der Waals surface area (Å²) in [6.45, 7) is 9.83. The van der Waals surface area contributed by atoms with E-state index in [1.165, 1.54) is 13.0 Å². The molecular formula is C28H41NO8. The summed E-state index contributed by atoms with van der Waals surface area (Å²) in [7, 11) is 0. The lowest BCUT2D eigenvalue weighted by Gasteiger charge is -2.39. The first-order valence-electron chi connectivity index (χ1n) is 13.1. The van der Waals surface area contributed by atoms with E-state index < -0.39 is 12.1 Å². The lowest BCUT2D eigenvalue weighted by atomic mass is 9.88.